The van der Waals surface area contributed by atoms with Crippen molar-refractivity contribution in [3.8, 4) is 5.75 Å². The first kappa shape index (κ1) is 20.2. The minimum absolute atomic E-state index is 0.100. The van der Waals surface area contributed by atoms with Gasteiger partial charge < -0.3 is 14.6 Å². The molecule has 28 heavy (non-hydrogen) atoms. The van der Waals surface area contributed by atoms with Crippen molar-refractivity contribution in [2.75, 3.05) is 11.1 Å². The van der Waals surface area contributed by atoms with Crippen molar-refractivity contribution in [2.24, 2.45) is 7.05 Å². The summed E-state index contributed by atoms with van der Waals surface area (Å²) in [7, 11) is 1.85. The van der Waals surface area contributed by atoms with Gasteiger partial charge in [0.2, 0.25) is 5.91 Å². The molecule has 1 amide bonds. The summed E-state index contributed by atoms with van der Waals surface area (Å²) in [6.07, 6.45) is -0.343. The molecule has 0 saturated heterocycles. The quantitative estimate of drug-likeness (QED) is 0.568. The second-order valence-corrected chi connectivity index (χ2v) is 7.65. The van der Waals surface area contributed by atoms with Gasteiger partial charge in [0.05, 0.1) is 10.8 Å². The smallest absolute Gasteiger partial charge is 0.234 e. The van der Waals surface area contributed by atoms with E-state index in [2.05, 4.69) is 15.5 Å². The highest BCUT2D eigenvalue weighted by Crippen LogP contribution is 2.30. The van der Waals surface area contributed by atoms with E-state index in [-0.39, 0.29) is 17.8 Å². The van der Waals surface area contributed by atoms with Crippen LogP contribution in [0, 0.1) is 6.92 Å². The molecule has 1 unspecified atom stereocenters. The van der Waals surface area contributed by atoms with Gasteiger partial charge in [0.25, 0.3) is 0 Å². The zero-order valence-electron chi connectivity index (χ0n) is 15.8. The number of carbonyl (C=O) groups is 1. The van der Waals surface area contributed by atoms with Crippen LogP contribution in [0.4, 0.5) is 5.69 Å². The number of thioether (sulfide) groups is 1. The Balaban J connectivity index is 1.61. The van der Waals surface area contributed by atoms with Crippen LogP contribution in [0.3, 0.4) is 0 Å². The van der Waals surface area contributed by atoms with Crippen LogP contribution in [0.5, 0.6) is 5.75 Å². The molecule has 0 aliphatic heterocycles. The summed E-state index contributed by atoms with van der Waals surface area (Å²) in [6, 6.07) is 15.0. The van der Waals surface area contributed by atoms with Crippen LogP contribution in [0.25, 0.3) is 0 Å². The fourth-order valence-corrected chi connectivity index (χ4v) is 3.48. The fourth-order valence-electron chi connectivity index (χ4n) is 2.60. The number of nitrogens with one attached hydrogen (secondary N) is 1. The monoisotopic (exact) mass is 416 g/mol. The molecule has 0 bridgehead atoms. The third-order valence-electron chi connectivity index (χ3n) is 4.01. The Kier molecular flexibility index (Phi) is 6.59. The number of aromatic nitrogens is 3. The summed E-state index contributed by atoms with van der Waals surface area (Å²) in [5, 5.41) is 12.4. The van der Waals surface area contributed by atoms with Gasteiger partial charge in [-0.05, 0) is 43.7 Å². The Bertz CT molecular complexity index is 962. The van der Waals surface area contributed by atoms with Gasteiger partial charge in [-0.15, -0.1) is 10.2 Å². The van der Waals surface area contributed by atoms with Crippen molar-refractivity contribution in [2.45, 2.75) is 25.1 Å². The zero-order valence-corrected chi connectivity index (χ0v) is 17.4. The van der Waals surface area contributed by atoms with E-state index >= 15 is 0 Å². The van der Waals surface area contributed by atoms with Gasteiger partial charge in [0.1, 0.15) is 5.75 Å². The highest BCUT2D eigenvalue weighted by molar-refractivity contribution is 7.99. The number of carbonyl (C=O) groups excluding carboxylic acids is 1. The molecule has 1 N–H and O–H groups in total. The summed E-state index contributed by atoms with van der Waals surface area (Å²) in [4.78, 5) is 12.1. The first-order chi connectivity index (χ1) is 13.4. The topological polar surface area (TPSA) is 69.0 Å². The number of ether oxygens (including phenoxy) is 1. The van der Waals surface area contributed by atoms with E-state index in [0.29, 0.717) is 21.8 Å². The number of aryl methyl sites for hydroxylation is 1. The average Bonchev–Trinajstić information content (AvgIpc) is 3.04. The summed E-state index contributed by atoms with van der Waals surface area (Å²) in [5.74, 6) is 1.40. The molecule has 0 aliphatic rings. The van der Waals surface area contributed by atoms with Crippen molar-refractivity contribution < 1.29 is 9.53 Å². The molecule has 1 atom stereocenters. The lowest BCUT2D eigenvalue weighted by Crippen LogP contribution is -2.14. The zero-order chi connectivity index (χ0) is 20.1. The molecule has 0 fully saturated rings. The van der Waals surface area contributed by atoms with Crippen molar-refractivity contribution in [1.82, 2.24) is 14.8 Å². The Morgan fingerprint density at radius 1 is 1.25 bits per heavy atom. The predicted molar refractivity (Wildman–Crippen MR) is 112 cm³/mol. The van der Waals surface area contributed by atoms with Gasteiger partial charge in [-0.2, -0.15) is 0 Å². The van der Waals surface area contributed by atoms with E-state index in [9.17, 15) is 4.79 Å². The first-order valence-corrected chi connectivity index (χ1v) is 10.1. The lowest BCUT2D eigenvalue weighted by Gasteiger charge is -2.15. The van der Waals surface area contributed by atoms with E-state index in [1.54, 1.807) is 0 Å². The fraction of sp³-hybridized carbons (Fsp3) is 0.250. The van der Waals surface area contributed by atoms with Crippen LogP contribution < -0.4 is 10.1 Å². The highest BCUT2D eigenvalue weighted by Gasteiger charge is 2.19. The Labute approximate surface area is 173 Å². The molecule has 0 saturated carbocycles. The number of amides is 1. The third kappa shape index (κ3) is 5.05. The van der Waals surface area contributed by atoms with Crippen molar-refractivity contribution in [1.29, 1.82) is 0 Å². The minimum atomic E-state index is -0.343. The van der Waals surface area contributed by atoms with Crippen molar-refractivity contribution in [3.05, 3.63) is 64.9 Å². The van der Waals surface area contributed by atoms with E-state index in [1.165, 1.54) is 11.8 Å². The Morgan fingerprint density at radius 2 is 2.00 bits per heavy atom. The van der Waals surface area contributed by atoms with E-state index in [1.807, 2.05) is 74.0 Å². The standard InChI is InChI=1S/C20H21ClN4O2S/c1-13-9-10-16(21)17(11-13)27-14(2)19-23-24-20(25(19)3)28-12-18(26)22-15-7-5-4-6-8-15/h4-11,14H,12H2,1-3H3,(H,22,26). The molecule has 8 heteroatoms. The number of rotatable bonds is 7. The molecule has 2 aromatic carbocycles. The molecule has 0 aliphatic carbocycles. The summed E-state index contributed by atoms with van der Waals surface area (Å²) >= 11 is 7.53. The molecule has 3 rings (SSSR count). The van der Waals surface area contributed by atoms with E-state index in [0.717, 1.165) is 11.3 Å². The Hall–Kier alpha value is -2.51. The number of nitrogens with zero attached hydrogens (tertiary/aromatic N) is 3. The van der Waals surface area contributed by atoms with Crippen LogP contribution >= 0.6 is 23.4 Å². The van der Waals surface area contributed by atoms with Gasteiger partial charge in [0, 0.05) is 12.7 Å². The van der Waals surface area contributed by atoms with Gasteiger partial charge in [-0.3, -0.25) is 4.79 Å². The van der Waals surface area contributed by atoms with Gasteiger partial charge in [-0.1, -0.05) is 47.6 Å². The SMILES string of the molecule is Cc1ccc(Cl)c(OC(C)c2nnc(SCC(=O)Nc3ccccc3)n2C)c1. The maximum Gasteiger partial charge on any atom is 0.234 e. The average molecular weight is 417 g/mol. The first-order valence-electron chi connectivity index (χ1n) is 8.74. The summed E-state index contributed by atoms with van der Waals surface area (Å²) in [5.41, 5.74) is 1.83. The van der Waals surface area contributed by atoms with Crippen LogP contribution in [-0.2, 0) is 11.8 Å². The number of hydrogen-bond donors (Lipinski definition) is 1. The van der Waals surface area contributed by atoms with Crippen LogP contribution in [0.2, 0.25) is 5.02 Å². The second kappa shape index (κ2) is 9.12. The van der Waals surface area contributed by atoms with Crippen molar-refractivity contribution in [3.63, 3.8) is 0 Å². The molecule has 1 aromatic heterocycles. The molecule has 0 spiro atoms. The van der Waals surface area contributed by atoms with Gasteiger partial charge in [0.15, 0.2) is 17.1 Å². The van der Waals surface area contributed by atoms with Crippen LogP contribution in [-0.4, -0.2) is 26.4 Å². The summed E-state index contributed by atoms with van der Waals surface area (Å²) < 4.78 is 7.80. The molecular formula is C20H21ClN4O2S. The maximum atomic E-state index is 12.1. The van der Waals surface area contributed by atoms with Crippen molar-refractivity contribution >= 4 is 35.0 Å². The Morgan fingerprint density at radius 3 is 2.75 bits per heavy atom. The third-order valence-corrected chi connectivity index (χ3v) is 5.35. The molecule has 146 valence electrons. The lowest BCUT2D eigenvalue weighted by molar-refractivity contribution is -0.113. The molecule has 1 heterocycles. The number of para-hydroxylation sites is 1. The lowest BCUT2D eigenvalue weighted by atomic mass is 10.2. The van der Waals surface area contributed by atoms with E-state index < -0.39 is 0 Å². The predicted octanol–water partition coefficient (Wildman–Crippen LogP) is 4.65. The van der Waals surface area contributed by atoms with Gasteiger partial charge >= 0.3 is 0 Å². The number of benzene rings is 2. The van der Waals surface area contributed by atoms with E-state index in [4.69, 9.17) is 16.3 Å². The molecule has 6 nitrogen and oxygen atoms in total. The molecular weight excluding hydrogens is 396 g/mol. The van der Waals surface area contributed by atoms with Crippen LogP contribution in [0.15, 0.2) is 53.7 Å². The minimum Gasteiger partial charge on any atom is -0.481 e. The summed E-state index contributed by atoms with van der Waals surface area (Å²) in [6.45, 7) is 3.87. The number of hydrogen-bond acceptors (Lipinski definition) is 5. The number of anilines is 1. The largest absolute Gasteiger partial charge is 0.481 e. The molecule has 0 radical (unpaired) electrons. The van der Waals surface area contributed by atoms with Crippen LogP contribution in [0.1, 0.15) is 24.4 Å². The molecule has 3 aromatic rings. The number of halogens is 1. The second-order valence-electron chi connectivity index (χ2n) is 6.30. The maximum absolute atomic E-state index is 12.1. The van der Waals surface area contributed by atoms with Gasteiger partial charge in [-0.25, -0.2) is 0 Å². The highest BCUT2D eigenvalue weighted by atomic mass is 35.5. The normalized spacial score (nSPS) is 11.9.